The molecule has 0 atom stereocenters. The molecule has 1 N–H and O–H groups in total. The highest BCUT2D eigenvalue weighted by atomic mass is 15.1. The van der Waals surface area contributed by atoms with Crippen molar-refractivity contribution in [1.29, 1.82) is 0 Å². The van der Waals surface area contributed by atoms with E-state index in [1.807, 2.05) is 0 Å². The number of hydrogen-bond donors (Lipinski definition) is 1. The number of aryl methyl sites for hydroxylation is 2. The molecule has 0 aliphatic carbocycles. The molecule has 0 spiro atoms. The van der Waals surface area contributed by atoms with E-state index in [9.17, 15) is 0 Å². The third-order valence-corrected chi connectivity index (χ3v) is 4.10. The minimum absolute atomic E-state index is 1.01. The van der Waals surface area contributed by atoms with Crippen molar-refractivity contribution >= 4 is 0 Å². The van der Waals surface area contributed by atoms with Gasteiger partial charge in [0.1, 0.15) is 0 Å². The fourth-order valence-electron chi connectivity index (χ4n) is 2.82. The molecule has 0 saturated carbocycles. The monoisotopic (exact) mass is 260 g/mol. The van der Waals surface area contributed by atoms with Gasteiger partial charge >= 0.3 is 0 Å². The summed E-state index contributed by atoms with van der Waals surface area (Å²) >= 11 is 0. The summed E-state index contributed by atoms with van der Waals surface area (Å²) in [5.74, 6) is 0. The number of likely N-dealkylation sites (tertiary alicyclic amines) is 1. The van der Waals surface area contributed by atoms with Crippen LogP contribution in [0.2, 0.25) is 0 Å². The van der Waals surface area contributed by atoms with Crippen molar-refractivity contribution in [3.63, 3.8) is 0 Å². The van der Waals surface area contributed by atoms with Crippen LogP contribution in [0, 0.1) is 13.8 Å². The summed E-state index contributed by atoms with van der Waals surface area (Å²) < 4.78 is 0. The van der Waals surface area contributed by atoms with E-state index in [0.717, 1.165) is 13.1 Å². The molecule has 1 aromatic rings. The fraction of sp³-hybridized carbons (Fsp3) is 0.647. The van der Waals surface area contributed by atoms with Crippen LogP contribution in [-0.2, 0) is 6.54 Å². The summed E-state index contributed by atoms with van der Waals surface area (Å²) in [7, 11) is 0. The molecule has 19 heavy (non-hydrogen) atoms. The maximum atomic E-state index is 3.58. The second-order valence-corrected chi connectivity index (χ2v) is 5.86. The van der Waals surface area contributed by atoms with Crippen LogP contribution in [0.1, 0.15) is 42.4 Å². The average molecular weight is 260 g/mol. The SMILES string of the molecule is Cc1ccc(C)c(CNCCCN2CCCCC2)c1. The van der Waals surface area contributed by atoms with Gasteiger partial charge in [-0.15, -0.1) is 0 Å². The van der Waals surface area contributed by atoms with Crippen LogP contribution in [0.5, 0.6) is 0 Å². The smallest absolute Gasteiger partial charge is 0.0208 e. The molecule has 1 aromatic carbocycles. The lowest BCUT2D eigenvalue weighted by molar-refractivity contribution is 0.225. The predicted octanol–water partition coefficient (Wildman–Crippen LogP) is 3.27. The van der Waals surface area contributed by atoms with Crippen LogP contribution >= 0.6 is 0 Å². The Morgan fingerprint density at radius 3 is 2.68 bits per heavy atom. The van der Waals surface area contributed by atoms with Crippen LogP contribution < -0.4 is 5.32 Å². The number of piperidine rings is 1. The zero-order valence-electron chi connectivity index (χ0n) is 12.5. The Labute approximate surface area is 118 Å². The van der Waals surface area contributed by atoms with Crippen LogP contribution in [-0.4, -0.2) is 31.1 Å². The van der Waals surface area contributed by atoms with E-state index in [1.54, 1.807) is 0 Å². The lowest BCUT2D eigenvalue weighted by Crippen LogP contribution is -2.32. The van der Waals surface area contributed by atoms with Crippen molar-refractivity contribution in [3.8, 4) is 0 Å². The van der Waals surface area contributed by atoms with Gasteiger partial charge in [-0.3, -0.25) is 0 Å². The molecule has 1 saturated heterocycles. The summed E-state index contributed by atoms with van der Waals surface area (Å²) in [4.78, 5) is 2.61. The summed E-state index contributed by atoms with van der Waals surface area (Å²) in [6, 6.07) is 6.71. The van der Waals surface area contributed by atoms with Gasteiger partial charge in [0.25, 0.3) is 0 Å². The summed E-state index contributed by atoms with van der Waals surface area (Å²) in [6.07, 6.45) is 5.50. The van der Waals surface area contributed by atoms with Crippen molar-refractivity contribution in [1.82, 2.24) is 10.2 Å². The topological polar surface area (TPSA) is 15.3 Å². The highest BCUT2D eigenvalue weighted by Gasteiger charge is 2.08. The molecule has 1 fully saturated rings. The quantitative estimate of drug-likeness (QED) is 0.790. The van der Waals surface area contributed by atoms with Gasteiger partial charge in [-0.05, 0) is 70.4 Å². The molecule has 0 bridgehead atoms. The van der Waals surface area contributed by atoms with Crippen molar-refractivity contribution in [2.75, 3.05) is 26.2 Å². The Kier molecular flexibility index (Phi) is 5.87. The molecule has 1 aliphatic rings. The van der Waals surface area contributed by atoms with E-state index >= 15 is 0 Å². The zero-order valence-corrected chi connectivity index (χ0v) is 12.5. The van der Waals surface area contributed by atoms with Gasteiger partial charge in [0.15, 0.2) is 0 Å². The minimum atomic E-state index is 1.01. The van der Waals surface area contributed by atoms with Gasteiger partial charge in [-0.1, -0.05) is 30.2 Å². The molecular weight excluding hydrogens is 232 g/mol. The van der Waals surface area contributed by atoms with Gasteiger partial charge in [0.2, 0.25) is 0 Å². The first-order chi connectivity index (χ1) is 9.25. The second-order valence-electron chi connectivity index (χ2n) is 5.86. The minimum Gasteiger partial charge on any atom is -0.313 e. The normalized spacial score (nSPS) is 16.7. The molecule has 0 unspecified atom stereocenters. The van der Waals surface area contributed by atoms with E-state index in [4.69, 9.17) is 0 Å². The Morgan fingerprint density at radius 1 is 1.11 bits per heavy atom. The van der Waals surface area contributed by atoms with Crippen molar-refractivity contribution in [3.05, 3.63) is 34.9 Å². The van der Waals surface area contributed by atoms with Gasteiger partial charge in [-0.25, -0.2) is 0 Å². The largest absolute Gasteiger partial charge is 0.313 e. The van der Waals surface area contributed by atoms with E-state index in [-0.39, 0.29) is 0 Å². The van der Waals surface area contributed by atoms with Crippen molar-refractivity contribution in [2.45, 2.75) is 46.1 Å². The molecule has 106 valence electrons. The molecule has 0 amide bonds. The maximum absolute atomic E-state index is 3.58. The Balaban J connectivity index is 1.62. The lowest BCUT2D eigenvalue weighted by atomic mass is 10.1. The Morgan fingerprint density at radius 2 is 1.89 bits per heavy atom. The number of nitrogens with zero attached hydrogens (tertiary/aromatic N) is 1. The van der Waals surface area contributed by atoms with E-state index in [2.05, 4.69) is 42.3 Å². The lowest BCUT2D eigenvalue weighted by Gasteiger charge is -2.26. The average Bonchev–Trinajstić information content (AvgIpc) is 2.43. The molecule has 2 nitrogen and oxygen atoms in total. The number of rotatable bonds is 6. The molecule has 1 heterocycles. The summed E-state index contributed by atoms with van der Waals surface area (Å²) in [6.45, 7) is 10.4. The first kappa shape index (κ1) is 14.5. The van der Waals surface area contributed by atoms with E-state index < -0.39 is 0 Å². The second kappa shape index (κ2) is 7.66. The molecular formula is C17H28N2. The maximum Gasteiger partial charge on any atom is 0.0208 e. The third-order valence-electron chi connectivity index (χ3n) is 4.10. The Bertz CT molecular complexity index is 381. The van der Waals surface area contributed by atoms with Crippen LogP contribution in [0.3, 0.4) is 0 Å². The highest BCUT2D eigenvalue weighted by Crippen LogP contribution is 2.10. The van der Waals surface area contributed by atoms with Gasteiger partial charge < -0.3 is 10.2 Å². The van der Waals surface area contributed by atoms with Gasteiger partial charge in [0.05, 0.1) is 0 Å². The van der Waals surface area contributed by atoms with Crippen LogP contribution in [0.4, 0.5) is 0 Å². The van der Waals surface area contributed by atoms with Crippen molar-refractivity contribution < 1.29 is 0 Å². The van der Waals surface area contributed by atoms with E-state index in [0.29, 0.717) is 0 Å². The van der Waals surface area contributed by atoms with Crippen LogP contribution in [0.15, 0.2) is 18.2 Å². The predicted molar refractivity (Wildman–Crippen MR) is 82.5 cm³/mol. The van der Waals surface area contributed by atoms with Crippen LogP contribution in [0.25, 0.3) is 0 Å². The number of benzene rings is 1. The summed E-state index contributed by atoms with van der Waals surface area (Å²) in [5.41, 5.74) is 4.20. The number of nitrogens with one attached hydrogen (secondary N) is 1. The first-order valence-electron chi connectivity index (χ1n) is 7.75. The standard InChI is InChI=1S/C17H28N2/c1-15-7-8-16(2)17(13-15)14-18-9-6-12-19-10-4-3-5-11-19/h7-8,13,18H,3-6,9-12,14H2,1-2H3. The van der Waals surface area contributed by atoms with Gasteiger partial charge in [0, 0.05) is 6.54 Å². The molecule has 1 aliphatic heterocycles. The Hall–Kier alpha value is -0.860. The molecule has 0 radical (unpaired) electrons. The highest BCUT2D eigenvalue weighted by molar-refractivity contribution is 5.30. The zero-order chi connectivity index (χ0) is 13.5. The van der Waals surface area contributed by atoms with Gasteiger partial charge in [-0.2, -0.15) is 0 Å². The first-order valence-corrected chi connectivity index (χ1v) is 7.75. The third kappa shape index (κ3) is 4.96. The fourth-order valence-corrected chi connectivity index (χ4v) is 2.82. The molecule has 2 heteroatoms. The molecule has 0 aromatic heterocycles. The number of hydrogen-bond acceptors (Lipinski definition) is 2. The van der Waals surface area contributed by atoms with Crippen molar-refractivity contribution in [2.24, 2.45) is 0 Å². The van der Waals surface area contributed by atoms with E-state index in [1.165, 1.54) is 62.0 Å². The molecule has 2 rings (SSSR count). The summed E-state index contributed by atoms with van der Waals surface area (Å²) in [5, 5.41) is 3.58.